The number of carbonyl (C=O) groups excluding carboxylic acids is 2. The first-order valence-corrected chi connectivity index (χ1v) is 11.5. The fourth-order valence-corrected chi connectivity index (χ4v) is 4.28. The topological polar surface area (TPSA) is 74.2 Å². The van der Waals surface area contributed by atoms with Gasteiger partial charge in [-0.25, -0.2) is 4.99 Å². The highest BCUT2D eigenvalue weighted by Gasteiger charge is 2.42. The van der Waals surface area contributed by atoms with Gasteiger partial charge in [-0.15, -0.1) is 0 Å². The number of nitrogens with one attached hydrogen (secondary N) is 1. The number of hydrogen-bond donors (Lipinski definition) is 1. The lowest BCUT2D eigenvalue weighted by atomic mass is 9.91. The molecule has 2 aromatic carbocycles. The van der Waals surface area contributed by atoms with Crippen LogP contribution in [0.4, 0.5) is 18.9 Å². The summed E-state index contributed by atoms with van der Waals surface area (Å²) in [6.07, 6.45) is -4.40. The number of piperazine rings is 1. The second-order valence-corrected chi connectivity index (χ2v) is 8.55. The highest BCUT2D eigenvalue weighted by atomic mass is 19.4. The minimum Gasteiger partial charge on any atom is -0.465 e. The molecule has 1 amide bonds. The molecule has 1 saturated heterocycles. The Hall–Kier alpha value is -3.56. The minimum atomic E-state index is -4.40. The number of hydrogen-bond acceptors (Lipinski definition) is 6. The molecule has 35 heavy (non-hydrogen) atoms. The minimum absolute atomic E-state index is 0.150. The smallest absolute Gasteiger partial charge is 0.416 e. The number of aliphatic imine (C=N–C) groups is 1. The predicted molar refractivity (Wildman–Crippen MR) is 125 cm³/mol. The van der Waals surface area contributed by atoms with Gasteiger partial charge in [-0.3, -0.25) is 14.9 Å². The van der Waals surface area contributed by atoms with Gasteiger partial charge in [-0.1, -0.05) is 35.9 Å². The largest absolute Gasteiger partial charge is 0.465 e. The number of anilines is 1. The normalized spacial score (nSPS) is 20.8. The third kappa shape index (κ3) is 5.41. The van der Waals surface area contributed by atoms with Crippen LogP contribution >= 0.6 is 0 Å². The Morgan fingerprint density at radius 1 is 1.09 bits per heavy atom. The maximum Gasteiger partial charge on any atom is 0.416 e. The maximum atomic E-state index is 13.1. The molecule has 2 aliphatic heterocycles. The van der Waals surface area contributed by atoms with Crippen molar-refractivity contribution in [3.8, 4) is 0 Å². The molecule has 2 atom stereocenters. The van der Waals surface area contributed by atoms with E-state index in [2.05, 4.69) is 5.32 Å². The number of aryl methyl sites for hydroxylation is 1. The zero-order chi connectivity index (χ0) is 25.2. The van der Waals surface area contributed by atoms with E-state index < -0.39 is 35.6 Å². The number of guanidine groups is 1. The summed E-state index contributed by atoms with van der Waals surface area (Å²) in [5.41, 5.74) is 1.57. The van der Waals surface area contributed by atoms with E-state index in [4.69, 9.17) is 9.73 Å². The molecule has 10 heteroatoms. The fraction of sp³-hybridized carbons (Fsp3) is 0.400. The second-order valence-electron chi connectivity index (χ2n) is 8.55. The summed E-state index contributed by atoms with van der Waals surface area (Å²) < 4.78 is 44.4. The molecule has 0 aromatic heterocycles. The van der Waals surface area contributed by atoms with Crippen molar-refractivity contribution in [1.29, 1.82) is 0 Å². The summed E-state index contributed by atoms with van der Waals surface area (Å²) >= 11 is 0. The lowest BCUT2D eigenvalue weighted by molar-refractivity contribution is -0.153. The predicted octanol–water partition coefficient (Wildman–Crippen LogP) is 3.54. The first-order chi connectivity index (χ1) is 16.7. The van der Waals surface area contributed by atoms with E-state index >= 15 is 0 Å². The van der Waals surface area contributed by atoms with Crippen LogP contribution in [0, 0.1) is 12.8 Å². The molecule has 2 aliphatic rings. The molecule has 0 radical (unpaired) electrons. The van der Waals surface area contributed by atoms with Crippen molar-refractivity contribution in [3.63, 3.8) is 0 Å². The van der Waals surface area contributed by atoms with Gasteiger partial charge < -0.3 is 14.5 Å². The zero-order valence-electron chi connectivity index (χ0n) is 19.5. The standard InChI is InChI=1S/C25H27F3N4O3/c1-3-35-23(34)20-21(17-9-7-16(2)8-10-17)29-24(30-22(20)33)32-13-11-31(12-14-32)19-6-4-5-18(15-19)25(26,27)28/h4-10,15,20-21H,3,11-14H2,1-2H3,(H,29,30,33)/t20-,21+/m1/s1. The second kappa shape index (κ2) is 9.97. The fourth-order valence-electron chi connectivity index (χ4n) is 4.28. The quantitative estimate of drug-likeness (QED) is 0.527. The number of rotatable bonds is 4. The molecule has 4 rings (SSSR count). The van der Waals surface area contributed by atoms with Gasteiger partial charge in [0.25, 0.3) is 0 Å². The van der Waals surface area contributed by atoms with Crippen molar-refractivity contribution >= 4 is 23.5 Å². The summed E-state index contributed by atoms with van der Waals surface area (Å²) in [6, 6.07) is 12.0. The van der Waals surface area contributed by atoms with E-state index in [1.807, 2.05) is 41.0 Å². The summed E-state index contributed by atoms with van der Waals surface area (Å²) in [6.45, 7) is 5.56. The summed E-state index contributed by atoms with van der Waals surface area (Å²) in [5.74, 6) is -1.87. The van der Waals surface area contributed by atoms with Crippen LogP contribution in [0.1, 0.15) is 29.7 Å². The Morgan fingerprint density at radius 2 is 1.74 bits per heavy atom. The molecule has 7 nitrogen and oxygen atoms in total. The van der Waals surface area contributed by atoms with Crippen molar-refractivity contribution in [2.24, 2.45) is 10.9 Å². The third-order valence-corrected chi connectivity index (χ3v) is 6.17. The van der Waals surface area contributed by atoms with Crippen LogP contribution in [-0.2, 0) is 20.5 Å². The average Bonchev–Trinajstić information content (AvgIpc) is 2.84. The summed E-state index contributed by atoms with van der Waals surface area (Å²) in [7, 11) is 0. The molecule has 186 valence electrons. The van der Waals surface area contributed by atoms with Crippen molar-refractivity contribution < 1.29 is 27.5 Å². The lowest BCUT2D eigenvalue weighted by Gasteiger charge is -2.39. The first kappa shape index (κ1) is 24.6. The van der Waals surface area contributed by atoms with Gasteiger partial charge in [0.1, 0.15) is 6.04 Å². The SMILES string of the molecule is CCOC(=O)[C@H]1C(=O)NC(N2CCN(c3cccc(C(F)(F)F)c3)CC2)=N[C@H]1c1ccc(C)cc1. The molecule has 2 heterocycles. The van der Waals surface area contributed by atoms with E-state index in [0.29, 0.717) is 37.8 Å². The zero-order valence-corrected chi connectivity index (χ0v) is 19.5. The van der Waals surface area contributed by atoms with E-state index in [1.54, 1.807) is 13.0 Å². The molecule has 1 N–H and O–H groups in total. The average molecular weight is 489 g/mol. The Labute approximate surface area is 201 Å². The van der Waals surface area contributed by atoms with Crippen LogP contribution in [0.25, 0.3) is 0 Å². The number of nitrogens with zero attached hydrogens (tertiary/aromatic N) is 3. The number of carbonyl (C=O) groups is 2. The Balaban J connectivity index is 1.54. The van der Waals surface area contributed by atoms with E-state index in [9.17, 15) is 22.8 Å². The van der Waals surface area contributed by atoms with Crippen molar-refractivity contribution in [1.82, 2.24) is 10.2 Å². The molecule has 0 saturated carbocycles. The third-order valence-electron chi connectivity index (χ3n) is 6.17. The van der Waals surface area contributed by atoms with E-state index in [0.717, 1.165) is 23.3 Å². The van der Waals surface area contributed by atoms with E-state index in [1.165, 1.54) is 6.07 Å². The number of amides is 1. The lowest BCUT2D eigenvalue weighted by Crippen LogP contribution is -2.57. The van der Waals surface area contributed by atoms with Crippen molar-refractivity contribution in [3.05, 3.63) is 65.2 Å². The first-order valence-electron chi connectivity index (χ1n) is 11.5. The van der Waals surface area contributed by atoms with Gasteiger partial charge in [0.05, 0.1) is 12.2 Å². The monoisotopic (exact) mass is 488 g/mol. The Morgan fingerprint density at radius 3 is 2.37 bits per heavy atom. The molecular formula is C25H27F3N4O3. The van der Waals surface area contributed by atoms with E-state index in [-0.39, 0.29) is 6.61 Å². The van der Waals surface area contributed by atoms with Gasteiger partial charge >= 0.3 is 12.1 Å². The number of benzene rings is 2. The Kier molecular flexibility index (Phi) is 7.00. The van der Waals surface area contributed by atoms with Crippen LogP contribution in [0.5, 0.6) is 0 Å². The highest BCUT2D eigenvalue weighted by Crippen LogP contribution is 2.33. The Bertz CT molecular complexity index is 1110. The molecule has 0 bridgehead atoms. The number of halogens is 3. The summed E-state index contributed by atoms with van der Waals surface area (Å²) in [4.78, 5) is 34.1. The molecule has 0 spiro atoms. The number of esters is 1. The van der Waals surface area contributed by atoms with Gasteiger partial charge in [0.2, 0.25) is 11.9 Å². The van der Waals surface area contributed by atoms with Gasteiger partial charge in [0.15, 0.2) is 5.92 Å². The van der Waals surface area contributed by atoms with Gasteiger partial charge in [0, 0.05) is 31.9 Å². The van der Waals surface area contributed by atoms with Crippen LogP contribution in [0.15, 0.2) is 53.5 Å². The van der Waals surface area contributed by atoms with Crippen molar-refractivity contribution in [2.75, 3.05) is 37.7 Å². The molecule has 0 aliphatic carbocycles. The molecule has 2 aromatic rings. The number of ether oxygens (including phenoxy) is 1. The van der Waals surface area contributed by atoms with Crippen LogP contribution in [0.2, 0.25) is 0 Å². The van der Waals surface area contributed by atoms with Crippen LogP contribution < -0.4 is 10.2 Å². The van der Waals surface area contributed by atoms with Crippen molar-refractivity contribution in [2.45, 2.75) is 26.1 Å². The van der Waals surface area contributed by atoms with Gasteiger partial charge in [-0.2, -0.15) is 13.2 Å². The number of alkyl halides is 3. The highest BCUT2D eigenvalue weighted by molar-refractivity contribution is 6.08. The molecular weight excluding hydrogens is 461 g/mol. The van der Waals surface area contributed by atoms with Crippen LogP contribution in [-0.4, -0.2) is 55.5 Å². The van der Waals surface area contributed by atoms with Crippen LogP contribution in [0.3, 0.4) is 0 Å². The van der Waals surface area contributed by atoms with Gasteiger partial charge in [-0.05, 0) is 37.6 Å². The molecule has 1 fully saturated rings. The molecule has 0 unspecified atom stereocenters. The maximum absolute atomic E-state index is 13.1. The summed E-state index contributed by atoms with van der Waals surface area (Å²) in [5, 5.41) is 2.74.